The van der Waals surface area contributed by atoms with Crippen LogP contribution >= 0.6 is 0 Å². The topological polar surface area (TPSA) is 116 Å². The molecule has 0 saturated carbocycles. The van der Waals surface area contributed by atoms with Gasteiger partial charge in [0.05, 0.1) is 28.8 Å². The third-order valence-electron chi connectivity index (χ3n) is 8.14. The molecular weight excluding hydrogens is 556 g/mol. The molecule has 2 N–H and O–H groups in total. The molecular formula is C33H36N8O3. The van der Waals surface area contributed by atoms with Crippen LogP contribution in [0.5, 0.6) is 0 Å². The second-order valence-corrected chi connectivity index (χ2v) is 12.2. The molecule has 2 aliphatic rings. The van der Waals surface area contributed by atoms with Crippen LogP contribution in [-0.4, -0.2) is 62.4 Å². The van der Waals surface area contributed by atoms with Crippen molar-refractivity contribution in [3.8, 4) is 22.5 Å². The number of rotatable bonds is 4. The third-order valence-corrected chi connectivity index (χ3v) is 8.14. The first-order valence-corrected chi connectivity index (χ1v) is 15.0. The zero-order valence-electron chi connectivity index (χ0n) is 25.2. The van der Waals surface area contributed by atoms with Crippen LogP contribution in [0.15, 0.2) is 73.2 Å². The van der Waals surface area contributed by atoms with Gasteiger partial charge in [-0.25, -0.2) is 14.3 Å². The second kappa shape index (κ2) is 11.0. The van der Waals surface area contributed by atoms with Crippen LogP contribution in [0.3, 0.4) is 0 Å². The van der Waals surface area contributed by atoms with Crippen LogP contribution in [0.4, 0.5) is 27.7 Å². The third kappa shape index (κ3) is 5.02. The highest BCUT2D eigenvalue weighted by molar-refractivity contribution is 5.96. The maximum atomic E-state index is 13.1. The van der Waals surface area contributed by atoms with Crippen molar-refractivity contribution in [2.24, 2.45) is 0 Å². The van der Waals surface area contributed by atoms with Crippen molar-refractivity contribution >= 4 is 34.5 Å². The standard InChI is InChI=1S/C33H36N8O3/c1-33(2,3)44-32(42)39-16-15-38(27-9-4-5-10-28(27)39)24-8-6-7-22(19-24)29-20-25(30-31(34)35-21-37-41(29)30)26-11-14-36-40(26)23-12-17-43-18-13-23/h4-11,14,19-21,23H,12-13,15-18H2,1-3H3,(H2,34,35,37). The minimum absolute atomic E-state index is 0.251. The van der Waals surface area contributed by atoms with Gasteiger partial charge in [-0.2, -0.15) is 10.2 Å². The van der Waals surface area contributed by atoms with Gasteiger partial charge >= 0.3 is 6.09 Å². The molecule has 2 aromatic carbocycles. The summed E-state index contributed by atoms with van der Waals surface area (Å²) in [4.78, 5) is 21.4. The number of ether oxygens (including phenoxy) is 2. The number of nitrogen functional groups attached to an aromatic ring is 1. The lowest BCUT2D eigenvalue weighted by Crippen LogP contribution is -2.44. The van der Waals surface area contributed by atoms with Gasteiger partial charge in [0, 0.05) is 49.3 Å². The Bertz CT molecular complexity index is 1830. The highest BCUT2D eigenvalue weighted by atomic mass is 16.6. The fourth-order valence-corrected chi connectivity index (χ4v) is 6.19. The second-order valence-electron chi connectivity index (χ2n) is 12.2. The van der Waals surface area contributed by atoms with Gasteiger partial charge in [0.15, 0.2) is 5.82 Å². The summed E-state index contributed by atoms with van der Waals surface area (Å²) in [5.74, 6) is 0.407. The minimum atomic E-state index is -0.578. The van der Waals surface area contributed by atoms with E-state index in [1.807, 2.05) is 67.9 Å². The summed E-state index contributed by atoms with van der Waals surface area (Å²) in [7, 11) is 0. The SMILES string of the molecule is CC(C)(C)OC(=O)N1CCN(c2cccc(-c3cc(-c4ccnn4C4CCOCC4)c4c(N)ncnn34)c2)c2ccccc21. The van der Waals surface area contributed by atoms with Crippen LogP contribution in [0.1, 0.15) is 39.7 Å². The van der Waals surface area contributed by atoms with E-state index in [-0.39, 0.29) is 12.1 Å². The van der Waals surface area contributed by atoms with E-state index in [0.29, 0.717) is 18.9 Å². The molecule has 5 aromatic rings. The van der Waals surface area contributed by atoms with E-state index >= 15 is 0 Å². The first-order chi connectivity index (χ1) is 21.3. The number of nitrogens with two attached hydrogens (primary N) is 1. The number of carbonyl (C=O) groups excluding carboxylic acids is 1. The number of amides is 1. The van der Waals surface area contributed by atoms with E-state index in [2.05, 4.69) is 43.9 Å². The Morgan fingerprint density at radius 1 is 0.955 bits per heavy atom. The van der Waals surface area contributed by atoms with E-state index in [1.165, 1.54) is 6.33 Å². The predicted molar refractivity (Wildman–Crippen MR) is 170 cm³/mol. The number of aromatic nitrogens is 5. The minimum Gasteiger partial charge on any atom is -0.443 e. The fourth-order valence-electron chi connectivity index (χ4n) is 6.19. The molecule has 0 aliphatic carbocycles. The molecule has 11 nitrogen and oxygen atoms in total. The van der Waals surface area contributed by atoms with Crippen LogP contribution < -0.4 is 15.5 Å². The Hall–Kier alpha value is -4.90. The first kappa shape index (κ1) is 27.9. The summed E-state index contributed by atoms with van der Waals surface area (Å²) >= 11 is 0. The molecule has 0 spiro atoms. The summed E-state index contributed by atoms with van der Waals surface area (Å²) in [6.45, 7) is 8.19. The van der Waals surface area contributed by atoms with Crippen LogP contribution in [-0.2, 0) is 9.47 Å². The fraction of sp³-hybridized carbons (Fsp3) is 0.333. The number of carbonyl (C=O) groups is 1. The van der Waals surface area contributed by atoms with Gasteiger partial charge in [0.2, 0.25) is 0 Å². The van der Waals surface area contributed by atoms with Gasteiger partial charge in [-0.05, 0) is 70.0 Å². The van der Waals surface area contributed by atoms with Gasteiger partial charge in [-0.3, -0.25) is 9.58 Å². The number of hydrogen-bond donors (Lipinski definition) is 1. The van der Waals surface area contributed by atoms with Crippen molar-refractivity contribution in [2.75, 3.05) is 41.8 Å². The van der Waals surface area contributed by atoms with Gasteiger partial charge in [-0.15, -0.1) is 0 Å². The summed E-state index contributed by atoms with van der Waals surface area (Å²) in [6, 6.07) is 20.7. The van der Waals surface area contributed by atoms with E-state index in [4.69, 9.17) is 20.3 Å². The molecule has 1 fully saturated rings. The molecule has 0 atom stereocenters. The molecule has 11 heteroatoms. The van der Waals surface area contributed by atoms with Crippen molar-refractivity contribution in [1.82, 2.24) is 24.4 Å². The number of fused-ring (bicyclic) bond motifs is 2. The highest BCUT2D eigenvalue weighted by Crippen LogP contribution is 2.41. The average Bonchev–Trinajstić information content (AvgIpc) is 3.66. The largest absolute Gasteiger partial charge is 0.443 e. The maximum Gasteiger partial charge on any atom is 0.414 e. The number of benzene rings is 2. The lowest BCUT2D eigenvalue weighted by Gasteiger charge is -2.38. The Morgan fingerprint density at radius 2 is 1.75 bits per heavy atom. The molecule has 1 saturated heterocycles. The Morgan fingerprint density at radius 3 is 2.55 bits per heavy atom. The molecule has 0 unspecified atom stereocenters. The molecule has 3 aromatic heterocycles. The van der Waals surface area contributed by atoms with E-state index in [1.54, 1.807) is 4.90 Å². The number of hydrogen-bond acceptors (Lipinski definition) is 8. The molecule has 5 heterocycles. The molecule has 7 rings (SSSR count). The average molecular weight is 593 g/mol. The number of nitrogens with zero attached hydrogens (tertiary/aromatic N) is 7. The Balaban J connectivity index is 1.28. The smallest absolute Gasteiger partial charge is 0.414 e. The van der Waals surface area contributed by atoms with Gasteiger partial charge in [0.25, 0.3) is 0 Å². The molecule has 226 valence electrons. The zero-order valence-corrected chi connectivity index (χ0v) is 25.2. The van der Waals surface area contributed by atoms with Crippen molar-refractivity contribution in [2.45, 2.75) is 45.3 Å². The quantitative estimate of drug-likeness (QED) is 0.267. The highest BCUT2D eigenvalue weighted by Gasteiger charge is 2.31. The number of para-hydroxylation sites is 2. The van der Waals surface area contributed by atoms with Crippen molar-refractivity contribution in [1.29, 1.82) is 0 Å². The van der Waals surface area contributed by atoms with Crippen LogP contribution in [0, 0.1) is 0 Å². The van der Waals surface area contributed by atoms with Crippen LogP contribution in [0.2, 0.25) is 0 Å². The maximum absolute atomic E-state index is 13.1. The van der Waals surface area contributed by atoms with Gasteiger partial charge in [0.1, 0.15) is 17.4 Å². The lowest BCUT2D eigenvalue weighted by molar-refractivity contribution is 0.0580. The molecule has 44 heavy (non-hydrogen) atoms. The van der Waals surface area contributed by atoms with E-state index in [9.17, 15) is 4.79 Å². The van der Waals surface area contributed by atoms with Crippen molar-refractivity contribution in [3.05, 3.63) is 73.2 Å². The monoisotopic (exact) mass is 592 g/mol. The summed E-state index contributed by atoms with van der Waals surface area (Å²) < 4.78 is 15.3. The summed E-state index contributed by atoms with van der Waals surface area (Å²) in [5.41, 5.74) is 13.2. The van der Waals surface area contributed by atoms with Gasteiger partial charge in [-0.1, -0.05) is 24.3 Å². The van der Waals surface area contributed by atoms with Crippen LogP contribution in [0.25, 0.3) is 28.0 Å². The summed E-state index contributed by atoms with van der Waals surface area (Å²) in [6.07, 6.45) is 4.79. The predicted octanol–water partition coefficient (Wildman–Crippen LogP) is 6.09. The zero-order chi connectivity index (χ0) is 30.4. The first-order valence-electron chi connectivity index (χ1n) is 15.0. The Labute approximate surface area is 255 Å². The normalized spacial score (nSPS) is 15.9. The van der Waals surface area contributed by atoms with Gasteiger partial charge < -0.3 is 20.1 Å². The van der Waals surface area contributed by atoms with E-state index in [0.717, 1.165) is 71.1 Å². The number of anilines is 4. The Kier molecular flexibility index (Phi) is 6.97. The van der Waals surface area contributed by atoms with E-state index < -0.39 is 5.60 Å². The van der Waals surface area contributed by atoms with Crippen molar-refractivity contribution in [3.63, 3.8) is 0 Å². The molecule has 0 bridgehead atoms. The lowest BCUT2D eigenvalue weighted by atomic mass is 10.1. The molecule has 2 aliphatic heterocycles. The molecule has 0 radical (unpaired) electrons. The summed E-state index contributed by atoms with van der Waals surface area (Å²) in [5, 5.41) is 9.33. The molecule has 1 amide bonds. The van der Waals surface area contributed by atoms with Crippen molar-refractivity contribution < 1.29 is 14.3 Å².